The van der Waals surface area contributed by atoms with Gasteiger partial charge in [0.1, 0.15) is 18.7 Å². The number of thioether (sulfide) groups is 2. The minimum absolute atomic E-state index is 0.0395. The highest BCUT2D eigenvalue weighted by Gasteiger charge is 2.32. The van der Waals surface area contributed by atoms with E-state index in [1.807, 2.05) is 126 Å². The molecule has 12 aromatic heterocycles. The fourth-order valence-electron chi connectivity index (χ4n) is 12.0. The normalized spacial score (nSPS) is 15.3. The Hall–Kier alpha value is -4.70. The van der Waals surface area contributed by atoms with Crippen molar-refractivity contribution in [1.29, 1.82) is 0 Å². The Labute approximate surface area is 626 Å². The Kier molecular flexibility index (Phi) is 20.4. The fourth-order valence-corrected chi connectivity index (χ4v) is 27.8. The summed E-state index contributed by atoms with van der Waals surface area (Å²) in [7, 11) is 3.48. The van der Waals surface area contributed by atoms with Crippen molar-refractivity contribution in [2.75, 3.05) is 14.1 Å². The maximum absolute atomic E-state index is 12.7. The molecule has 0 bridgehead atoms. The molecule has 14 heterocycles. The van der Waals surface area contributed by atoms with Crippen LogP contribution in [0.4, 0.5) is 0 Å². The molecule has 0 radical (unpaired) electrons. The molecule has 15 rings (SSSR count). The van der Waals surface area contributed by atoms with E-state index in [0.29, 0.717) is 30.3 Å². The van der Waals surface area contributed by atoms with Crippen LogP contribution in [0.25, 0.3) is 132 Å². The Balaban J connectivity index is 0.770. The molecule has 2 fully saturated rings. The number of thiophene rings is 10. The average molecular weight is 1550 g/mol. The van der Waals surface area contributed by atoms with Crippen LogP contribution in [0.2, 0.25) is 0 Å². The lowest BCUT2D eigenvalue weighted by Gasteiger charge is -2.13. The SMILES string of the molecule is CCCCC(CC)Cc1ccc(-c2c3nc(-c4ccc(-c5ccc(-c6ccc(-c7ccc(/C=C8\SC(=S)N(C)C8=O)s7)s6)s5)s4)sc3c(-c3ccc(CC(CC)CCCC)s3)c3nc(-c4ccc(-c5ccc(-c6ccc(-c7ccc(/C=C8\SC(=S)N(C)C8=O)s7)s6)s5)s4)sc23)s1. The number of unbranched alkanes of at least 4 members (excludes halogenated alkanes) is 2. The molecule has 2 unspecified atom stereocenters. The number of hydrogen-bond acceptors (Lipinski definition) is 20. The van der Waals surface area contributed by atoms with Crippen LogP contribution in [-0.2, 0) is 22.4 Å². The van der Waals surface area contributed by atoms with Gasteiger partial charge in [-0.2, -0.15) is 0 Å². The second kappa shape index (κ2) is 29.1. The van der Waals surface area contributed by atoms with E-state index in [-0.39, 0.29) is 11.8 Å². The Morgan fingerprint density at radius 3 is 1.00 bits per heavy atom. The summed E-state index contributed by atoms with van der Waals surface area (Å²) in [4.78, 5) is 66.2. The molecule has 0 spiro atoms. The van der Waals surface area contributed by atoms with E-state index in [2.05, 4.69) is 149 Å². The zero-order chi connectivity index (χ0) is 65.9. The topological polar surface area (TPSA) is 66.4 Å². The van der Waals surface area contributed by atoms with E-state index >= 15 is 0 Å². The Bertz CT molecular complexity index is 4790. The zero-order valence-corrected chi connectivity index (χ0v) is 66.1. The summed E-state index contributed by atoms with van der Waals surface area (Å²) in [5, 5.41) is 2.09. The molecule has 0 saturated carbocycles. The fraction of sp³-hybridized carbons (Fsp3) is 0.243. The summed E-state index contributed by atoms with van der Waals surface area (Å²) in [5.41, 5.74) is 4.58. The number of amides is 2. The molecule has 2 atom stereocenters. The van der Waals surface area contributed by atoms with Gasteiger partial charge in [0.05, 0.1) is 40.0 Å². The van der Waals surface area contributed by atoms with E-state index in [1.54, 1.807) is 46.6 Å². The summed E-state index contributed by atoms with van der Waals surface area (Å²) in [6.45, 7) is 9.34. The van der Waals surface area contributed by atoms with Crippen molar-refractivity contribution in [2.24, 2.45) is 11.8 Å². The first kappa shape index (κ1) is 67.1. The van der Waals surface area contributed by atoms with E-state index in [0.717, 1.165) is 43.6 Å². The number of carbonyl (C=O) groups excluding carboxylic acids is 2. The van der Waals surface area contributed by atoms with Gasteiger partial charge in [-0.15, -0.1) is 136 Å². The van der Waals surface area contributed by atoms with Crippen LogP contribution in [0, 0.1) is 11.8 Å². The molecular weight excluding hydrogens is 1490 g/mol. The van der Waals surface area contributed by atoms with Gasteiger partial charge in [0.2, 0.25) is 0 Å². The van der Waals surface area contributed by atoms with Crippen molar-refractivity contribution in [3.05, 3.63) is 151 Å². The molecular formula is C74H62N4O2S16. The van der Waals surface area contributed by atoms with Crippen LogP contribution in [0.15, 0.2) is 131 Å². The number of thiocarbonyl (C=S) groups is 2. The summed E-state index contributed by atoms with van der Waals surface area (Å²) < 4.78 is 3.61. The van der Waals surface area contributed by atoms with E-state index in [1.165, 1.54) is 183 Å². The summed E-state index contributed by atoms with van der Waals surface area (Å²) in [5.74, 6) is 1.25. The van der Waals surface area contributed by atoms with Crippen molar-refractivity contribution in [2.45, 2.75) is 91.9 Å². The molecule has 96 heavy (non-hydrogen) atoms. The van der Waals surface area contributed by atoms with Crippen LogP contribution in [0.1, 0.15) is 98.6 Å². The van der Waals surface area contributed by atoms with Gasteiger partial charge in [-0.05, 0) is 158 Å². The smallest absolute Gasteiger partial charge is 0.265 e. The highest BCUT2D eigenvalue weighted by molar-refractivity contribution is 8.27. The van der Waals surface area contributed by atoms with Gasteiger partial charge < -0.3 is 0 Å². The lowest BCUT2D eigenvalue weighted by atomic mass is 9.95. The molecule has 486 valence electrons. The van der Waals surface area contributed by atoms with E-state index in [4.69, 9.17) is 34.4 Å². The molecule has 1 aromatic carbocycles. The number of nitrogens with zero attached hydrogens (tertiary/aromatic N) is 4. The van der Waals surface area contributed by atoms with Crippen molar-refractivity contribution in [3.8, 4) is 99.2 Å². The molecule has 13 aromatic rings. The number of benzene rings is 1. The van der Waals surface area contributed by atoms with Gasteiger partial charge in [0.15, 0.2) is 0 Å². The van der Waals surface area contributed by atoms with Crippen LogP contribution >= 0.6 is 184 Å². The average Bonchev–Trinajstić information content (AvgIpc) is 1.55. The first-order valence-corrected chi connectivity index (χ1v) is 44.2. The van der Waals surface area contributed by atoms with Gasteiger partial charge in [0, 0.05) is 113 Å². The molecule has 2 saturated heterocycles. The first-order chi connectivity index (χ1) is 46.8. The number of aromatic nitrogens is 2. The van der Waals surface area contributed by atoms with Crippen molar-refractivity contribution >= 4 is 237 Å². The van der Waals surface area contributed by atoms with Gasteiger partial charge in [-0.1, -0.05) is 127 Å². The lowest BCUT2D eigenvalue weighted by Crippen LogP contribution is -2.22. The van der Waals surface area contributed by atoms with Crippen LogP contribution < -0.4 is 0 Å². The third-order valence-electron chi connectivity index (χ3n) is 17.4. The van der Waals surface area contributed by atoms with Crippen LogP contribution in [0.5, 0.6) is 0 Å². The molecule has 0 N–H and O–H groups in total. The second-order valence-electron chi connectivity index (χ2n) is 23.8. The third-order valence-corrected chi connectivity index (χ3v) is 34.8. The number of thiazole rings is 2. The predicted octanol–water partition coefficient (Wildman–Crippen LogP) is 27.4. The quantitative estimate of drug-likeness (QED) is 0.0438. The zero-order valence-electron chi connectivity index (χ0n) is 53.1. The monoisotopic (exact) mass is 1550 g/mol. The minimum atomic E-state index is -0.0395. The van der Waals surface area contributed by atoms with Gasteiger partial charge in [-0.25, -0.2) is 9.97 Å². The summed E-state index contributed by atoms with van der Waals surface area (Å²) in [6.07, 6.45) is 16.0. The summed E-state index contributed by atoms with van der Waals surface area (Å²) in [6, 6.07) is 45.3. The van der Waals surface area contributed by atoms with Gasteiger partial charge >= 0.3 is 0 Å². The van der Waals surface area contributed by atoms with Crippen LogP contribution in [0.3, 0.4) is 0 Å². The largest absolute Gasteiger partial charge is 0.296 e. The third kappa shape index (κ3) is 13.7. The summed E-state index contributed by atoms with van der Waals surface area (Å²) >= 11 is 35.5. The molecule has 2 aliphatic heterocycles. The second-order valence-corrected chi connectivity index (χ2v) is 40.2. The standard InChI is InChI=1S/C74H62N4O2S16/c1-7-11-13-39(9-3)35-41-17-21-57(85-41)63-65-68(96-69(75-65)59-33-31-55(91-59)53-29-27-51(89-53)49-25-23-47(87-49)45-19-15-43(83-45)37-61-71(79)77(5)73(81)93-61)64(58-22-18-42(86-58)36-40(10-4)14-12-8-2)66-67(63)95-70(76-66)60-34-32-56(92-60)54-30-28-52(90-54)50-26-24-48(88-50)46-20-16-44(84-46)38-62-72(80)78(6)74(82)94-62/h15-34,37-40H,7-14,35-36H2,1-6H3/b61-37-,62-38-. The van der Waals surface area contributed by atoms with Crippen molar-refractivity contribution in [1.82, 2.24) is 19.8 Å². The van der Waals surface area contributed by atoms with E-state index in [9.17, 15) is 9.59 Å². The van der Waals surface area contributed by atoms with Crippen molar-refractivity contribution in [3.63, 3.8) is 0 Å². The molecule has 2 amide bonds. The maximum Gasteiger partial charge on any atom is 0.265 e. The predicted molar refractivity (Wildman–Crippen MR) is 442 cm³/mol. The number of fused-ring (bicyclic) bond motifs is 2. The first-order valence-electron chi connectivity index (χ1n) is 32.0. The number of likely N-dealkylation sites (N-methyl/N-ethyl adjacent to an activating group) is 2. The lowest BCUT2D eigenvalue weighted by molar-refractivity contribution is -0.122. The van der Waals surface area contributed by atoms with Gasteiger partial charge in [-0.3, -0.25) is 19.4 Å². The Morgan fingerprint density at radius 2 is 0.688 bits per heavy atom. The van der Waals surface area contributed by atoms with E-state index < -0.39 is 0 Å². The van der Waals surface area contributed by atoms with Crippen LogP contribution in [-0.4, -0.2) is 54.3 Å². The highest BCUT2D eigenvalue weighted by atomic mass is 32.2. The number of hydrogen-bond donors (Lipinski definition) is 0. The highest BCUT2D eigenvalue weighted by Crippen LogP contribution is 2.55. The molecule has 6 nitrogen and oxygen atoms in total. The number of carbonyl (C=O) groups is 2. The van der Waals surface area contributed by atoms with Gasteiger partial charge in [0.25, 0.3) is 11.8 Å². The minimum Gasteiger partial charge on any atom is -0.296 e. The maximum atomic E-state index is 12.7. The molecule has 0 aliphatic carbocycles. The Morgan fingerprint density at radius 1 is 0.385 bits per heavy atom. The number of rotatable bonds is 24. The molecule has 2 aliphatic rings. The molecule has 22 heteroatoms. The van der Waals surface area contributed by atoms with Crippen molar-refractivity contribution < 1.29 is 9.59 Å².